The molecule has 0 spiro atoms. The topological polar surface area (TPSA) is 73.7 Å². The van der Waals surface area contributed by atoms with Gasteiger partial charge in [0.2, 0.25) is 0 Å². The van der Waals surface area contributed by atoms with E-state index < -0.39 is 0 Å². The Morgan fingerprint density at radius 2 is 1.50 bits per heavy atom. The molecule has 2 aromatic carbocycles. The summed E-state index contributed by atoms with van der Waals surface area (Å²) < 4.78 is 12.1. The minimum Gasteiger partial charge on any atom is -0.489 e. The lowest BCUT2D eigenvalue weighted by atomic mass is 10.2. The van der Waals surface area contributed by atoms with Crippen molar-refractivity contribution >= 4 is 11.4 Å². The molecule has 0 aromatic heterocycles. The summed E-state index contributed by atoms with van der Waals surface area (Å²) in [7, 11) is 0. The fourth-order valence-electron chi connectivity index (χ4n) is 3.05. The molecule has 0 amide bonds. The van der Waals surface area contributed by atoms with Crippen LogP contribution in [0.2, 0.25) is 0 Å². The van der Waals surface area contributed by atoms with E-state index in [0.29, 0.717) is 22.9 Å². The van der Waals surface area contributed by atoms with Gasteiger partial charge in [0.15, 0.2) is 0 Å². The molecular weight excluding hydrogens is 350 g/mol. The van der Waals surface area contributed by atoms with Crippen LogP contribution in [-0.4, -0.2) is 30.6 Å². The van der Waals surface area contributed by atoms with Crippen molar-refractivity contribution in [1.29, 1.82) is 0 Å². The summed E-state index contributed by atoms with van der Waals surface area (Å²) in [5.74, 6) is 2.17. The standard InChI is InChI=1S/C23H35N3O2/c1-4-6-13-26(14-7-5-2)17-18(3)27-19-9-8-10-20(15-19)28-21-11-12-22(24)23(25)16-21/h8-12,15-16,18H,4-7,13-14,17,24-25H2,1-3H3. The van der Waals surface area contributed by atoms with Gasteiger partial charge < -0.3 is 20.9 Å². The number of nitrogens with two attached hydrogens (primary N) is 2. The van der Waals surface area contributed by atoms with Gasteiger partial charge in [-0.2, -0.15) is 0 Å². The number of benzene rings is 2. The number of anilines is 2. The maximum Gasteiger partial charge on any atom is 0.131 e. The smallest absolute Gasteiger partial charge is 0.131 e. The Labute approximate surface area is 169 Å². The van der Waals surface area contributed by atoms with Crippen molar-refractivity contribution in [3.05, 3.63) is 42.5 Å². The van der Waals surface area contributed by atoms with E-state index in [1.54, 1.807) is 18.2 Å². The average molecular weight is 386 g/mol. The van der Waals surface area contributed by atoms with Gasteiger partial charge in [-0.3, -0.25) is 4.90 Å². The second-order valence-corrected chi connectivity index (χ2v) is 7.30. The predicted octanol–water partition coefficient (Wildman–Crippen LogP) is 5.31. The molecule has 2 rings (SSSR count). The Morgan fingerprint density at radius 1 is 0.857 bits per heavy atom. The molecule has 0 bridgehead atoms. The van der Waals surface area contributed by atoms with Crippen LogP contribution in [0.15, 0.2) is 42.5 Å². The minimum absolute atomic E-state index is 0.108. The maximum atomic E-state index is 6.16. The van der Waals surface area contributed by atoms with Gasteiger partial charge in [0, 0.05) is 18.7 Å². The highest BCUT2D eigenvalue weighted by atomic mass is 16.5. The van der Waals surface area contributed by atoms with Crippen molar-refractivity contribution in [3.8, 4) is 17.2 Å². The molecular formula is C23H35N3O2. The molecule has 0 radical (unpaired) electrons. The summed E-state index contributed by atoms with van der Waals surface area (Å²) in [5, 5.41) is 0. The van der Waals surface area contributed by atoms with Gasteiger partial charge in [-0.05, 0) is 57.1 Å². The number of hydrogen-bond donors (Lipinski definition) is 2. The number of unbranched alkanes of at least 4 members (excludes halogenated alkanes) is 2. The summed E-state index contributed by atoms with van der Waals surface area (Å²) in [6, 6.07) is 13.0. The predicted molar refractivity (Wildman–Crippen MR) is 118 cm³/mol. The zero-order valence-electron chi connectivity index (χ0n) is 17.5. The number of nitrogens with zero attached hydrogens (tertiary/aromatic N) is 1. The molecule has 1 atom stereocenters. The summed E-state index contributed by atoms with van der Waals surface area (Å²) in [4.78, 5) is 2.51. The molecule has 0 fully saturated rings. The van der Waals surface area contributed by atoms with Crippen LogP contribution in [0.1, 0.15) is 46.5 Å². The fourth-order valence-corrected chi connectivity index (χ4v) is 3.05. The van der Waals surface area contributed by atoms with E-state index in [9.17, 15) is 0 Å². The van der Waals surface area contributed by atoms with E-state index in [-0.39, 0.29) is 6.10 Å². The number of ether oxygens (including phenoxy) is 2. The molecule has 154 valence electrons. The molecule has 5 nitrogen and oxygen atoms in total. The van der Waals surface area contributed by atoms with E-state index in [4.69, 9.17) is 20.9 Å². The lowest BCUT2D eigenvalue weighted by molar-refractivity contribution is 0.142. The van der Waals surface area contributed by atoms with Gasteiger partial charge in [0.25, 0.3) is 0 Å². The fraction of sp³-hybridized carbons (Fsp3) is 0.478. The van der Waals surface area contributed by atoms with E-state index in [1.807, 2.05) is 24.3 Å². The van der Waals surface area contributed by atoms with Crippen LogP contribution < -0.4 is 20.9 Å². The molecule has 5 heteroatoms. The molecule has 0 saturated carbocycles. The van der Waals surface area contributed by atoms with Gasteiger partial charge in [-0.15, -0.1) is 0 Å². The third-order valence-electron chi connectivity index (χ3n) is 4.61. The molecule has 4 N–H and O–H groups in total. The Hall–Kier alpha value is -2.40. The largest absolute Gasteiger partial charge is 0.489 e. The first kappa shape index (κ1) is 21.9. The zero-order valence-corrected chi connectivity index (χ0v) is 17.5. The van der Waals surface area contributed by atoms with Gasteiger partial charge >= 0.3 is 0 Å². The highest BCUT2D eigenvalue weighted by Crippen LogP contribution is 2.28. The molecule has 0 saturated heterocycles. The lowest BCUT2D eigenvalue weighted by Crippen LogP contribution is -2.35. The number of nitrogen functional groups attached to an aromatic ring is 2. The van der Waals surface area contributed by atoms with Gasteiger partial charge in [0.05, 0.1) is 11.4 Å². The second kappa shape index (κ2) is 11.4. The van der Waals surface area contributed by atoms with Gasteiger partial charge in [0.1, 0.15) is 23.4 Å². The van der Waals surface area contributed by atoms with Crippen LogP contribution in [0.3, 0.4) is 0 Å². The highest BCUT2D eigenvalue weighted by molar-refractivity contribution is 5.65. The van der Waals surface area contributed by atoms with Gasteiger partial charge in [-0.1, -0.05) is 32.8 Å². The second-order valence-electron chi connectivity index (χ2n) is 7.30. The summed E-state index contributed by atoms with van der Waals surface area (Å²) >= 11 is 0. The number of rotatable bonds is 12. The molecule has 1 unspecified atom stereocenters. The van der Waals surface area contributed by atoms with Crippen LogP contribution in [0, 0.1) is 0 Å². The van der Waals surface area contributed by atoms with Crippen molar-refractivity contribution in [3.63, 3.8) is 0 Å². The van der Waals surface area contributed by atoms with E-state index >= 15 is 0 Å². The monoisotopic (exact) mass is 385 g/mol. The molecule has 2 aromatic rings. The van der Waals surface area contributed by atoms with Crippen molar-refractivity contribution in [2.24, 2.45) is 0 Å². The quantitative estimate of drug-likeness (QED) is 0.484. The molecule has 0 aliphatic carbocycles. The maximum absolute atomic E-state index is 6.16. The highest BCUT2D eigenvalue weighted by Gasteiger charge is 2.12. The third-order valence-corrected chi connectivity index (χ3v) is 4.61. The van der Waals surface area contributed by atoms with Crippen molar-refractivity contribution in [2.45, 2.75) is 52.6 Å². The normalized spacial score (nSPS) is 12.1. The summed E-state index contributed by atoms with van der Waals surface area (Å²) in [5.41, 5.74) is 12.7. The van der Waals surface area contributed by atoms with Crippen LogP contribution in [-0.2, 0) is 0 Å². The summed E-state index contributed by atoms with van der Waals surface area (Å²) in [6.07, 6.45) is 4.99. The first-order chi connectivity index (χ1) is 13.5. The van der Waals surface area contributed by atoms with E-state index in [2.05, 4.69) is 25.7 Å². The van der Waals surface area contributed by atoms with Gasteiger partial charge in [-0.25, -0.2) is 0 Å². The Balaban J connectivity index is 1.95. The first-order valence-electron chi connectivity index (χ1n) is 10.3. The van der Waals surface area contributed by atoms with Crippen molar-refractivity contribution in [1.82, 2.24) is 4.90 Å². The van der Waals surface area contributed by atoms with E-state index in [1.165, 1.54) is 25.7 Å². The third kappa shape index (κ3) is 7.31. The average Bonchev–Trinajstić information content (AvgIpc) is 2.67. The van der Waals surface area contributed by atoms with Crippen molar-refractivity contribution in [2.75, 3.05) is 31.1 Å². The number of hydrogen-bond acceptors (Lipinski definition) is 5. The Morgan fingerprint density at radius 3 is 2.14 bits per heavy atom. The van der Waals surface area contributed by atoms with E-state index in [0.717, 1.165) is 25.4 Å². The molecule has 28 heavy (non-hydrogen) atoms. The first-order valence-corrected chi connectivity index (χ1v) is 10.3. The molecule has 0 aliphatic heterocycles. The minimum atomic E-state index is 0.108. The lowest BCUT2D eigenvalue weighted by Gasteiger charge is -2.26. The van der Waals surface area contributed by atoms with Crippen LogP contribution >= 0.6 is 0 Å². The van der Waals surface area contributed by atoms with Crippen LogP contribution in [0.25, 0.3) is 0 Å². The summed E-state index contributed by atoms with van der Waals surface area (Å²) in [6.45, 7) is 9.78. The van der Waals surface area contributed by atoms with Crippen molar-refractivity contribution < 1.29 is 9.47 Å². The van der Waals surface area contributed by atoms with Crippen LogP contribution in [0.4, 0.5) is 11.4 Å². The zero-order chi connectivity index (χ0) is 20.4. The SMILES string of the molecule is CCCCN(CCCC)CC(C)Oc1cccc(Oc2ccc(N)c(N)c2)c1. The molecule has 0 aliphatic rings. The molecule has 0 heterocycles. The van der Waals surface area contributed by atoms with Crippen LogP contribution in [0.5, 0.6) is 17.2 Å². The Bertz CT molecular complexity index is 713. The Kier molecular flexibility index (Phi) is 8.95.